The van der Waals surface area contributed by atoms with Gasteiger partial charge in [-0.3, -0.25) is 9.69 Å². The fourth-order valence-electron chi connectivity index (χ4n) is 2.36. The van der Waals surface area contributed by atoms with Crippen molar-refractivity contribution in [1.82, 2.24) is 15.1 Å². The van der Waals surface area contributed by atoms with Crippen LogP contribution in [0.4, 0.5) is 0 Å². The minimum atomic E-state index is -0.141. The Bertz CT molecular complexity index is 326. The van der Waals surface area contributed by atoms with E-state index in [0.717, 1.165) is 32.7 Å². The van der Waals surface area contributed by atoms with E-state index in [2.05, 4.69) is 31.1 Å². The predicted octanol–water partition coefficient (Wildman–Crippen LogP) is -0.0825. The van der Waals surface area contributed by atoms with Crippen LogP contribution in [-0.2, 0) is 9.53 Å². The first-order valence-corrected chi connectivity index (χ1v) is 6.66. The summed E-state index contributed by atoms with van der Waals surface area (Å²) in [5.74, 6) is 0.115. The molecule has 0 radical (unpaired) electrons. The number of hydrogen-bond donors (Lipinski definition) is 1. The van der Waals surface area contributed by atoms with Gasteiger partial charge in [0.1, 0.15) is 6.61 Å². The van der Waals surface area contributed by atoms with Gasteiger partial charge in [-0.25, -0.2) is 0 Å². The molecule has 2 rings (SSSR count). The molecule has 0 saturated carbocycles. The highest BCUT2D eigenvalue weighted by atomic mass is 16.5. The number of piperazine rings is 1. The van der Waals surface area contributed by atoms with E-state index in [0.29, 0.717) is 0 Å². The number of nitrogens with zero attached hydrogens (tertiary/aromatic N) is 2. The van der Waals surface area contributed by atoms with Gasteiger partial charge in [-0.1, -0.05) is 0 Å². The summed E-state index contributed by atoms with van der Waals surface area (Å²) >= 11 is 0. The van der Waals surface area contributed by atoms with Crippen molar-refractivity contribution in [2.24, 2.45) is 0 Å². The maximum absolute atomic E-state index is 12.1. The number of carbonyl (C=O) groups excluding carboxylic acids is 1. The minimum absolute atomic E-state index is 0.0514. The smallest absolute Gasteiger partial charge is 0.248 e. The summed E-state index contributed by atoms with van der Waals surface area (Å²) in [6, 6.07) is 0. The molecule has 5 nitrogen and oxygen atoms in total. The largest absolute Gasteiger partial charge is 0.363 e. The number of nitrogens with one attached hydrogen (secondary N) is 1. The number of ether oxygens (including phenoxy) is 1. The summed E-state index contributed by atoms with van der Waals surface area (Å²) < 4.78 is 5.71. The van der Waals surface area contributed by atoms with Crippen molar-refractivity contribution in [3.05, 3.63) is 0 Å². The van der Waals surface area contributed by atoms with Gasteiger partial charge in [-0.2, -0.15) is 0 Å². The Morgan fingerprint density at radius 2 is 1.94 bits per heavy atom. The van der Waals surface area contributed by atoms with Gasteiger partial charge in [0.15, 0.2) is 0 Å². The lowest BCUT2D eigenvalue weighted by Crippen LogP contribution is -2.61. The van der Waals surface area contributed by atoms with Crippen LogP contribution in [0.5, 0.6) is 0 Å². The van der Waals surface area contributed by atoms with Gasteiger partial charge in [0, 0.05) is 38.3 Å². The summed E-state index contributed by atoms with van der Waals surface area (Å²) in [5, 5.41) is 3.17. The van der Waals surface area contributed by atoms with Crippen molar-refractivity contribution >= 4 is 5.91 Å². The molecule has 0 unspecified atom stereocenters. The molecule has 104 valence electrons. The lowest BCUT2D eigenvalue weighted by atomic mass is 9.99. The predicted molar refractivity (Wildman–Crippen MR) is 70.5 cm³/mol. The highest BCUT2D eigenvalue weighted by Gasteiger charge is 2.36. The molecule has 2 aliphatic heterocycles. The number of likely N-dealkylation sites (N-methyl/N-ethyl adjacent to an activating group) is 1. The highest BCUT2D eigenvalue weighted by Crippen LogP contribution is 2.20. The summed E-state index contributed by atoms with van der Waals surface area (Å²) in [6.07, 6.45) is 0. The molecular formula is C13H25N3O2. The highest BCUT2D eigenvalue weighted by molar-refractivity contribution is 5.77. The Hall–Kier alpha value is -0.650. The van der Waals surface area contributed by atoms with Crippen molar-refractivity contribution in [1.29, 1.82) is 0 Å². The third-order valence-electron chi connectivity index (χ3n) is 4.21. The minimum Gasteiger partial charge on any atom is -0.363 e. The second-order valence-electron chi connectivity index (χ2n) is 6.39. The van der Waals surface area contributed by atoms with Gasteiger partial charge in [0.2, 0.25) is 5.91 Å². The van der Waals surface area contributed by atoms with E-state index >= 15 is 0 Å². The molecule has 2 aliphatic rings. The van der Waals surface area contributed by atoms with Gasteiger partial charge in [-0.05, 0) is 27.8 Å². The van der Waals surface area contributed by atoms with Crippen molar-refractivity contribution in [2.45, 2.75) is 31.9 Å². The first kappa shape index (κ1) is 13.8. The summed E-state index contributed by atoms with van der Waals surface area (Å²) in [4.78, 5) is 16.4. The zero-order valence-electron chi connectivity index (χ0n) is 12.0. The van der Waals surface area contributed by atoms with Crippen LogP contribution in [0.25, 0.3) is 0 Å². The van der Waals surface area contributed by atoms with E-state index in [9.17, 15) is 4.79 Å². The summed E-state index contributed by atoms with van der Waals surface area (Å²) in [7, 11) is 2.11. The van der Waals surface area contributed by atoms with E-state index in [1.54, 1.807) is 0 Å². The van der Waals surface area contributed by atoms with Crippen LogP contribution < -0.4 is 5.32 Å². The van der Waals surface area contributed by atoms with E-state index in [-0.39, 0.29) is 23.7 Å². The van der Waals surface area contributed by atoms with Crippen molar-refractivity contribution < 1.29 is 9.53 Å². The van der Waals surface area contributed by atoms with E-state index < -0.39 is 0 Å². The molecule has 0 aromatic heterocycles. The van der Waals surface area contributed by atoms with Crippen LogP contribution in [0.15, 0.2) is 0 Å². The second-order valence-corrected chi connectivity index (χ2v) is 6.39. The Labute approximate surface area is 109 Å². The molecule has 18 heavy (non-hydrogen) atoms. The number of amides is 1. The molecule has 0 spiro atoms. The molecule has 0 bridgehead atoms. The lowest BCUT2D eigenvalue weighted by molar-refractivity contribution is -0.150. The first-order valence-electron chi connectivity index (χ1n) is 6.66. The third kappa shape index (κ3) is 2.84. The Kier molecular flexibility index (Phi) is 3.67. The fraction of sp³-hybridized carbons (Fsp3) is 0.923. The standard InChI is InChI=1S/C13H25N3O2/c1-12(2)10-16(6-5-15(12)4)11(17)7-18-13(3)8-14-9-13/h14H,5-10H2,1-4H3. The molecule has 0 aliphatic carbocycles. The molecular weight excluding hydrogens is 230 g/mol. The van der Waals surface area contributed by atoms with Crippen LogP contribution >= 0.6 is 0 Å². The van der Waals surface area contributed by atoms with Crippen LogP contribution in [0.1, 0.15) is 20.8 Å². The molecule has 2 heterocycles. The molecule has 0 atom stereocenters. The van der Waals surface area contributed by atoms with Crippen LogP contribution in [0.2, 0.25) is 0 Å². The van der Waals surface area contributed by atoms with Crippen LogP contribution in [-0.4, -0.2) is 73.2 Å². The van der Waals surface area contributed by atoms with Gasteiger partial charge in [0.05, 0.1) is 5.60 Å². The quantitative estimate of drug-likeness (QED) is 0.766. The number of rotatable bonds is 3. The van der Waals surface area contributed by atoms with E-state index in [4.69, 9.17) is 4.74 Å². The zero-order valence-corrected chi connectivity index (χ0v) is 12.0. The number of hydrogen-bond acceptors (Lipinski definition) is 4. The Balaban J connectivity index is 1.82. The topological polar surface area (TPSA) is 44.8 Å². The molecule has 2 fully saturated rings. The SMILES string of the molecule is CN1CCN(C(=O)COC2(C)CNC2)CC1(C)C. The van der Waals surface area contributed by atoms with E-state index in [1.165, 1.54) is 0 Å². The maximum atomic E-state index is 12.1. The normalized spacial score (nSPS) is 26.8. The van der Waals surface area contributed by atoms with Gasteiger partial charge < -0.3 is 15.0 Å². The molecule has 1 amide bonds. The monoisotopic (exact) mass is 255 g/mol. The molecule has 0 aromatic rings. The lowest BCUT2D eigenvalue weighted by Gasteiger charge is -2.45. The van der Waals surface area contributed by atoms with Crippen molar-refractivity contribution in [3.8, 4) is 0 Å². The molecule has 1 N–H and O–H groups in total. The Morgan fingerprint density at radius 3 is 2.44 bits per heavy atom. The molecule has 2 saturated heterocycles. The second kappa shape index (κ2) is 4.79. The van der Waals surface area contributed by atoms with Gasteiger partial charge in [0.25, 0.3) is 0 Å². The van der Waals surface area contributed by atoms with Gasteiger partial charge >= 0.3 is 0 Å². The van der Waals surface area contributed by atoms with Crippen molar-refractivity contribution in [2.75, 3.05) is 46.4 Å². The fourth-order valence-corrected chi connectivity index (χ4v) is 2.36. The summed E-state index contributed by atoms with van der Waals surface area (Å²) in [5.41, 5.74) is -0.0897. The van der Waals surface area contributed by atoms with Crippen molar-refractivity contribution in [3.63, 3.8) is 0 Å². The van der Waals surface area contributed by atoms with E-state index in [1.807, 2.05) is 11.8 Å². The van der Waals surface area contributed by atoms with Crippen LogP contribution in [0.3, 0.4) is 0 Å². The molecule has 0 aromatic carbocycles. The third-order valence-corrected chi connectivity index (χ3v) is 4.21. The van der Waals surface area contributed by atoms with Gasteiger partial charge in [-0.15, -0.1) is 0 Å². The first-order chi connectivity index (χ1) is 8.32. The molecule has 5 heteroatoms. The number of carbonyl (C=O) groups is 1. The average Bonchev–Trinajstić information content (AvgIpc) is 2.27. The zero-order chi connectivity index (χ0) is 13.4. The van der Waals surface area contributed by atoms with Crippen LogP contribution in [0, 0.1) is 0 Å². The summed E-state index contributed by atoms with van der Waals surface area (Å²) in [6.45, 7) is 10.8. The Morgan fingerprint density at radius 1 is 1.28 bits per heavy atom. The maximum Gasteiger partial charge on any atom is 0.248 e. The average molecular weight is 255 g/mol.